The molecule has 0 saturated carbocycles. The van der Waals surface area contributed by atoms with E-state index in [0.717, 1.165) is 134 Å². The Kier molecular flexibility index (Phi) is 24.3. The Hall–Kier alpha value is -16.5. The third-order valence-corrected chi connectivity index (χ3v) is 24.7. The Bertz CT molecular complexity index is 7690. The molecule has 0 bridgehead atoms. The number of aryl methyl sites for hydroxylation is 4. The number of amides is 5. The molecular weight excluding hydrogens is 1710 g/mol. The first-order valence-corrected chi connectivity index (χ1v) is 43.6. The van der Waals surface area contributed by atoms with E-state index in [0.29, 0.717) is 88.9 Å². The number of fused-ring (bicyclic) bond motifs is 8. The number of benzene rings is 8. The molecule has 0 saturated heterocycles. The van der Waals surface area contributed by atoms with Crippen LogP contribution in [0.1, 0.15) is 119 Å². The van der Waals surface area contributed by atoms with E-state index in [2.05, 4.69) is 87.5 Å². The zero-order valence-corrected chi connectivity index (χ0v) is 73.7. The molecule has 5 aliphatic heterocycles. The van der Waals surface area contributed by atoms with Crippen molar-refractivity contribution in [2.75, 3.05) is 0 Å². The van der Waals surface area contributed by atoms with Crippen molar-refractivity contribution >= 4 is 73.8 Å². The summed E-state index contributed by atoms with van der Waals surface area (Å²) in [6, 6.07) is 71.9. The van der Waals surface area contributed by atoms with Crippen LogP contribution < -0.4 is 0 Å². The van der Waals surface area contributed by atoms with Crippen LogP contribution in [0.25, 0.3) is 88.3 Å². The maximum Gasteiger partial charge on any atom is 0.256 e. The summed E-state index contributed by atoms with van der Waals surface area (Å²) in [4.78, 5) is 105. The van der Waals surface area contributed by atoms with Crippen LogP contribution in [0.15, 0.2) is 305 Å². The highest BCUT2D eigenvalue weighted by Gasteiger charge is 2.34. The fourth-order valence-electron chi connectivity index (χ4n) is 17.3. The lowest BCUT2D eigenvalue weighted by atomic mass is 9.97. The summed E-state index contributed by atoms with van der Waals surface area (Å²) in [5.74, 6) is -1.69. The minimum atomic E-state index is -0.355. The summed E-state index contributed by atoms with van der Waals surface area (Å²) in [7, 11) is 3.82. The number of hydrogen-bond acceptors (Lipinski definition) is 15. The SMILES string of the molecule is Cc1cc(-c2ccc(CN3Cc4ncccc4C3=O)c(F)c2)cnc1Cl.Cc1ccc(-c2cccc3nn(C)cc23)cc1CN1Cc2ncccc2C1=O.Cn1cc2cc(-c3ccc(F)c(CN4Cc5ncccc5C4=O)c3)ccc2n1.O=C1c2cccnc2CN1Cc1ccc(-c2ccc3ncccc3c2)cc1F.O=C1c2cccnc2CN1Cc1ccc(-c2cccnc2)cc1F. The fourth-order valence-corrected chi connectivity index (χ4v) is 17.4. The zero-order valence-electron chi connectivity index (χ0n) is 73.0. The van der Waals surface area contributed by atoms with Gasteiger partial charge < -0.3 is 24.5 Å². The van der Waals surface area contributed by atoms with Crippen LogP contribution in [-0.2, 0) is 79.5 Å². The summed E-state index contributed by atoms with van der Waals surface area (Å²) < 4.78 is 62.0. The molecule has 23 rings (SSSR count). The highest BCUT2D eigenvalue weighted by atomic mass is 35.5. The molecule has 134 heavy (non-hydrogen) atoms. The standard InChI is InChI=1S/C23H16FN3O.C23H20N4O.C22H17FN4O.C20H15ClFN3O.C19H14FN3O/c24-20-12-16(15-7-8-21-17(11-15)3-1-9-25-21)5-6-18(20)13-27-14-22-19(23(27)28)4-2-10-26-22;1-15-8-9-16(18-5-3-7-21-20(18)13-26(2)25-21)11-17(15)12-27-14-22-19(23(27)28)6-4-10-24-22;1-26-11-17-10-15(5-7-20(17)25-26)14-4-6-19(23)16(9-14)12-27-13-21-18(22(27)28)3-2-8-24-21;1-12-7-15(9-24-19(12)21)13-4-5-14(17(22)8-13)10-25-11-18-16(20(25)26)3-2-6-23-18;20-17-9-13(14-3-1-7-21-10-14)5-6-15(17)11-23-12-18-16(19(23)24)4-2-8-22-18/h1-12H,13-14H2;3-11,13H,12,14H2,1-2H3;2-11H,12-13H2,1H3;2-9H,10-11H2,1H3;1-10H,11-12H2. The van der Waals surface area contributed by atoms with E-state index in [-0.39, 0.29) is 79.0 Å². The van der Waals surface area contributed by atoms with E-state index >= 15 is 0 Å². The van der Waals surface area contributed by atoms with Gasteiger partial charge in [0, 0.05) is 165 Å². The third kappa shape index (κ3) is 18.3. The van der Waals surface area contributed by atoms with Crippen molar-refractivity contribution in [2.45, 2.75) is 79.3 Å². The number of carbonyl (C=O) groups excluding carboxylic acids is 5. The molecular formula is C107H82ClF4N17O5. The first kappa shape index (κ1) is 86.9. The molecule has 5 amide bonds. The molecule has 0 atom stereocenters. The second-order valence-electron chi connectivity index (χ2n) is 33.3. The lowest BCUT2D eigenvalue weighted by Gasteiger charge is -2.18. The Labute approximate surface area is 772 Å². The molecule has 660 valence electrons. The number of rotatable bonds is 15. The first-order chi connectivity index (χ1) is 65.1. The van der Waals surface area contributed by atoms with Crippen LogP contribution in [0, 0.1) is 37.1 Å². The van der Waals surface area contributed by atoms with E-state index < -0.39 is 0 Å². The van der Waals surface area contributed by atoms with Gasteiger partial charge >= 0.3 is 0 Å². The minimum absolute atomic E-state index is 0.0577. The highest BCUT2D eigenvalue weighted by Crippen LogP contribution is 2.37. The van der Waals surface area contributed by atoms with Gasteiger partial charge in [-0.15, -0.1) is 0 Å². The second-order valence-corrected chi connectivity index (χ2v) is 33.6. The highest BCUT2D eigenvalue weighted by molar-refractivity contribution is 6.30. The quantitative estimate of drug-likeness (QED) is 0.0685. The number of nitrogens with zero attached hydrogens (tertiary/aromatic N) is 17. The van der Waals surface area contributed by atoms with Gasteiger partial charge in [-0.2, -0.15) is 10.2 Å². The number of pyridine rings is 8. The second kappa shape index (κ2) is 37.5. The van der Waals surface area contributed by atoms with E-state index in [1.54, 1.807) is 153 Å². The molecule has 0 N–H and O–H groups in total. The monoisotopic (exact) mass is 1800 g/mol. The lowest BCUT2D eigenvalue weighted by Crippen LogP contribution is -2.23. The van der Waals surface area contributed by atoms with Gasteiger partial charge in [-0.05, 0) is 221 Å². The number of carbonyl (C=O) groups is 5. The van der Waals surface area contributed by atoms with Crippen LogP contribution in [-0.4, -0.2) is 113 Å². The minimum Gasteiger partial charge on any atom is -0.328 e. The smallest absolute Gasteiger partial charge is 0.256 e. The number of aromatic nitrogens is 12. The van der Waals surface area contributed by atoms with Crippen LogP contribution >= 0.6 is 11.6 Å². The molecule has 8 aromatic carbocycles. The summed E-state index contributed by atoms with van der Waals surface area (Å²) in [5.41, 5.74) is 23.9. The molecule has 0 radical (unpaired) electrons. The van der Waals surface area contributed by atoms with Crippen molar-refractivity contribution in [2.24, 2.45) is 14.1 Å². The Morgan fingerprint density at radius 2 is 0.679 bits per heavy atom. The molecule has 0 fully saturated rings. The average Bonchev–Trinajstić information content (AvgIpc) is 1.02. The van der Waals surface area contributed by atoms with Crippen molar-refractivity contribution in [3.8, 4) is 55.6 Å². The maximum atomic E-state index is 14.8. The van der Waals surface area contributed by atoms with Gasteiger partial charge in [-0.25, -0.2) is 22.5 Å². The number of hydrogen-bond donors (Lipinski definition) is 0. The van der Waals surface area contributed by atoms with Gasteiger partial charge in [0.15, 0.2) is 0 Å². The molecule has 5 aliphatic rings. The van der Waals surface area contributed by atoms with E-state index in [1.165, 1.54) is 29.8 Å². The van der Waals surface area contributed by atoms with Gasteiger partial charge in [-0.3, -0.25) is 68.2 Å². The summed E-state index contributed by atoms with van der Waals surface area (Å²) in [6.07, 6.45) is 19.2. The normalized spacial score (nSPS) is 13.3. The van der Waals surface area contributed by atoms with Gasteiger partial charge in [0.25, 0.3) is 29.5 Å². The van der Waals surface area contributed by atoms with Crippen molar-refractivity contribution in [1.82, 2.24) is 83.9 Å². The van der Waals surface area contributed by atoms with Crippen LogP contribution in [0.5, 0.6) is 0 Å². The number of halogens is 5. The Morgan fingerprint density at radius 1 is 0.291 bits per heavy atom. The third-order valence-electron chi connectivity index (χ3n) is 24.3. The molecule has 22 nitrogen and oxygen atoms in total. The van der Waals surface area contributed by atoms with Gasteiger partial charge in [-0.1, -0.05) is 103 Å². The zero-order chi connectivity index (χ0) is 92.4. The molecule has 0 unspecified atom stereocenters. The van der Waals surface area contributed by atoms with Gasteiger partial charge in [0.1, 0.15) is 28.4 Å². The Balaban J connectivity index is 0.000000108. The topological polar surface area (TPSA) is 240 Å². The predicted octanol–water partition coefficient (Wildman–Crippen LogP) is 20.5. The van der Waals surface area contributed by atoms with E-state index in [9.17, 15) is 41.5 Å². The van der Waals surface area contributed by atoms with Gasteiger partial charge in [0.2, 0.25) is 0 Å². The largest absolute Gasteiger partial charge is 0.328 e. The van der Waals surface area contributed by atoms with Crippen LogP contribution in [0.2, 0.25) is 5.15 Å². The van der Waals surface area contributed by atoms with E-state index in [1.807, 2.05) is 152 Å². The van der Waals surface area contributed by atoms with Crippen molar-refractivity contribution < 1.29 is 41.5 Å². The average molecular weight is 1800 g/mol. The fraction of sp³-hybridized carbons (Fsp3) is 0.131. The van der Waals surface area contributed by atoms with Gasteiger partial charge in [0.05, 0.1) is 106 Å². The van der Waals surface area contributed by atoms with Crippen LogP contribution in [0.3, 0.4) is 0 Å². The molecule has 15 heterocycles. The molecule has 0 spiro atoms. The Morgan fingerprint density at radius 3 is 1.16 bits per heavy atom. The molecule has 10 aromatic heterocycles. The molecule has 18 aromatic rings. The maximum absolute atomic E-state index is 14.8. The summed E-state index contributed by atoms with van der Waals surface area (Å²) in [5, 5.41) is 12.5. The van der Waals surface area contributed by atoms with Crippen molar-refractivity contribution in [1.29, 1.82) is 0 Å². The molecule has 27 heteroatoms. The summed E-state index contributed by atoms with van der Waals surface area (Å²) >= 11 is 5.94. The molecule has 0 aliphatic carbocycles. The van der Waals surface area contributed by atoms with Crippen LogP contribution in [0.4, 0.5) is 17.6 Å². The van der Waals surface area contributed by atoms with E-state index in [4.69, 9.17) is 11.6 Å². The lowest BCUT2D eigenvalue weighted by molar-refractivity contribution is 0.0757. The first-order valence-electron chi connectivity index (χ1n) is 43.3. The summed E-state index contributed by atoms with van der Waals surface area (Å²) in [6.45, 7) is 7.60. The van der Waals surface area contributed by atoms with Crippen molar-refractivity contribution in [3.05, 3.63) is 428 Å². The predicted molar refractivity (Wildman–Crippen MR) is 502 cm³/mol. The van der Waals surface area contributed by atoms with Crippen molar-refractivity contribution in [3.63, 3.8) is 0 Å².